The summed E-state index contributed by atoms with van der Waals surface area (Å²) in [6, 6.07) is 0.536. The number of hydrogen-bond donors (Lipinski definition) is 3. The summed E-state index contributed by atoms with van der Waals surface area (Å²) in [5.41, 5.74) is 1.29. The molecule has 2 aliphatic rings. The Labute approximate surface area is 91.2 Å². The number of rotatable bonds is 1. The normalized spacial score (nSPS) is 39.3. The molecule has 14 heavy (non-hydrogen) atoms. The first kappa shape index (κ1) is 10.5. The molecule has 0 amide bonds. The highest BCUT2D eigenvalue weighted by Gasteiger charge is 2.26. The van der Waals surface area contributed by atoms with Crippen LogP contribution in [-0.4, -0.2) is 29.8 Å². The lowest BCUT2D eigenvalue weighted by Gasteiger charge is -2.35. The lowest BCUT2D eigenvalue weighted by Crippen LogP contribution is -2.59. The van der Waals surface area contributed by atoms with Gasteiger partial charge < -0.3 is 0 Å². The van der Waals surface area contributed by atoms with Gasteiger partial charge in [0, 0.05) is 18.3 Å². The molecule has 0 bridgehead atoms. The van der Waals surface area contributed by atoms with E-state index in [1.54, 1.807) is 0 Å². The molecule has 0 spiro atoms. The van der Waals surface area contributed by atoms with Gasteiger partial charge in [0.05, 0.1) is 11.5 Å². The van der Waals surface area contributed by atoms with Gasteiger partial charge in [-0.05, 0) is 32.6 Å². The largest absolute Gasteiger partial charge is 0.294 e. The molecule has 0 aromatic heterocycles. The van der Waals surface area contributed by atoms with Gasteiger partial charge in [-0.1, -0.05) is 0 Å². The SMILES string of the molecule is CC1CC(S)NC(C2=NCCCC2)N1. The third-order valence-electron chi connectivity index (χ3n) is 2.88. The lowest BCUT2D eigenvalue weighted by atomic mass is 10.0. The average molecular weight is 213 g/mol. The molecule has 2 aliphatic heterocycles. The molecular formula is C10H19N3S. The average Bonchev–Trinajstić information content (AvgIpc) is 2.18. The molecule has 0 aromatic rings. The Balaban J connectivity index is 1.98. The van der Waals surface area contributed by atoms with Gasteiger partial charge in [0.15, 0.2) is 0 Å². The predicted molar refractivity (Wildman–Crippen MR) is 63.1 cm³/mol. The molecule has 0 aromatic carbocycles. The maximum absolute atomic E-state index is 4.58. The number of hydrogen-bond acceptors (Lipinski definition) is 4. The van der Waals surface area contributed by atoms with Gasteiger partial charge in [-0.25, -0.2) is 0 Å². The molecule has 2 heterocycles. The summed E-state index contributed by atoms with van der Waals surface area (Å²) in [5, 5.41) is 7.27. The van der Waals surface area contributed by atoms with E-state index in [0.717, 1.165) is 19.4 Å². The third-order valence-corrected chi connectivity index (χ3v) is 3.24. The topological polar surface area (TPSA) is 36.4 Å². The zero-order valence-corrected chi connectivity index (χ0v) is 9.56. The number of aliphatic imine (C=N–C) groups is 1. The first-order chi connectivity index (χ1) is 6.75. The quantitative estimate of drug-likeness (QED) is 0.572. The lowest BCUT2D eigenvalue weighted by molar-refractivity contribution is 0.347. The molecule has 80 valence electrons. The van der Waals surface area contributed by atoms with Crippen LogP contribution in [-0.2, 0) is 0 Å². The Morgan fingerprint density at radius 1 is 1.36 bits per heavy atom. The Morgan fingerprint density at radius 3 is 2.86 bits per heavy atom. The van der Waals surface area contributed by atoms with E-state index in [9.17, 15) is 0 Å². The molecular weight excluding hydrogens is 194 g/mol. The van der Waals surface area contributed by atoms with Crippen molar-refractivity contribution in [3.05, 3.63) is 0 Å². The van der Waals surface area contributed by atoms with E-state index in [1.165, 1.54) is 18.6 Å². The summed E-state index contributed by atoms with van der Waals surface area (Å²) >= 11 is 4.49. The van der Waals surface area contributed by atoms with Gasteiger partial charge in [0.1, 0.15) is 0 Å². The standard InChI is InChI=1S/C10H19N3S/c1-7-6-9(14)13-10(12-7)8-4-2-3-5-11-8/h7,9-10,12-14H,2-6H2,1H3. The molecule has 0 radical (unpaired) electrons. The minimum Gasteiger partial charge on any atom is -0.294 e. The van der Waals surface area contributed by atoms with Crippen LogP contribution < -0.4 is 10.6 Å². The van der Waals surface area contributed by atoms with Crippen molar-refractivity contribution in [3.8, 4) is 0 Å². The molecule has 2 N–H and O–H groups in total. The highest BCUT2D eigenvalue weighted by molar-refractivity contribution is 7.80. The van der Waals surface area contributed by atoms with Crippen LogP contribution in [0.5, 0.6) is 0 Å². The van der Waals surface area contributed by atoms with Gasteiger partial charge in [-0.2, -0.15) is 12.6 Å². The van der Waals surface area contributed by atoms with Crippen molar-refractivity contribution in [1.82, 2.24) is 10.6 Å². The second-order valence-corrected chi connectivity index (χ2v) is 4.87. The Hall–Kier alpha value is -0.0600. The molecule has 3 unspecified atom stereocenters. The van der Waals surface area contributed by atoms with Crippen molar-refractivity contribution in [1.29, 1.82) is 0 Å². The molecule has 3 atom stereocenters. The summed E-state index contributed by atoms with van der Waals surface area (Å²) < 4.78 is 0. The fourth-order valence-corrected chi connectivity index (χ4v) is 2.61. The van der Waals surface area contributed by atoms with Crippen molar-refractivity contribution >= 4 is 18.3 Å². The van der Waals surface area contributed by atoms with Crippen molar-refractivity contribution < 1.29 is 0 Å². The van der Waals surface area contributed by atoms with E-state index in [4.69, 9.17) is 0 Å². The number of thiol groups is 1. The van der Waals surface area contributed by atoms with Crippen molar-refractivity contribution in [2.75, 3.05) is 6.54 Å². The van der Waals surface area contributed by atoms with Crippen LogP contribution in [0.3, 0.4) is 0 Å². The third kappa shape index (κ3) is 2.49. The summed E-state index contributed by atoms with van der Waals surface area (Å²) in [4.78, 5) is 4.58. The Morgan fingerprint density at radius 2 is 2.21 bits per heavy atom. The van der Waals surface area contributed by atoms with Gasteiger partial charge in [0.25, 0.3) is 0 Å². The minimum absolute atomic E-state index is 0.265. The molecule has 3 nitrogen and oxygen atoms in total. The van der Waals surface area contributed by atoms with Gasteiger partial charge in [-0.15, -0.1) is 0 Å². The second-order valence-electron chi connectivity index (χ2n) is 4.25. The van der Waals surface area contributed by atoms with Crippen molar-refractivity contribution in [2.45, 2.75) is 50.2 Å². The summed E-state index contributed by atoms with van der Waals surface area (Å²) in [5.74, 6) is 0. The van der Waals surface area contributed by atoms with Crippen LogP contribution in [0.15, 0.2) is 4.99 Å². The second kappa shape index (κ2) is 4.64. The monoisotopic (exact) mass is 213 g/mol. The maximum atomic E-state index is 4.58. The van der Waals surface area contributed by atoms with Crippen LogP contribution in [0, 0.1) is 0 Å². The van der Waals surface area contributed by atoms with Gasteiger partial charge >= 0.3 is 0 Å². The number of nitrogens with one attached hydrogen (secondary N) is 2. The Bertz CT molecular complexity index is 219. The molecule has 1 fully saturated rings. The van der Waals surface area contributed by atoms with Crippen molar-refractivity contribution in [2.24, 2.45) is 4.99 Å². The maximum Gasteiger partial charge on any atom is 0.0976 e. The number of nitrogens with zero attached hydrogens (tertiary/aromatic N) is 1. The fourth-order valence-electron chi connectivity index (χ4n) is 2.14. The van der Waals surface area contributed by atoms with Crippen LogP contribution >= 0.6 is 12.6 Å². The van der Waals surface area contributed by atoms with Crippen LogP contribution in [0.1, 0.15) is 32.6 Å². The minimum atomic E-state index is 0.265. The molecule has 0 saturated carbocycles. The smallest absolute Gasteiger partial charge is 0.0976 e. The fraction of sp³-hybridized carbons (Fsp3) is 0.900. The summed E-state index contributed by atoms with van der Waals surface area (Å²) in [6.45, 7) is 3.21. The Kier molecular flexibility index (Phi) is 3.47. The van der Waals surface area contributed by atoms with Gasteiger partial charge in [-0.3, -0.25) is 15.6 Å². The first-order valence-electron chi connectivity index (χ1n) is 5.49. The molecule has 1 saturated heterocycles. The highest BCUT2D eigenvalue weighted by Crippen LogP contribution is 2.14. The summed E-state index contributed by atoms with van der Waals surface area (Å²) in [7, 11) is 0. The zero-order chi connectivity index (χ0) is 9.97. The predicted octanol–water partition coefficient (Wildman–Crippen LogP) is 1.16. The van der Waals surface area contributed by atoms with Crippen LogP contribution in [0.4, 0.5) is 0 Å². The highest BCUT2D eigenvalue weighted by atomic mass is 32.1. The molecule has 0 aliphatic carbocycles. The molecule has 4 heteroatoms. The van der Waals surface area contributed by atoms with E-state index in [1.807, 2.05) is 0 Å². The van der Waals surface area contributed by atoms with E-state index < -0.39 is 0 Å². The molecule has 2 rings (SSSR count). The van der Waals surface area contributed by atoms with E-state index in [0.29, 0.717) is 11.4 Å². The first-order valence-corrected chi connectivity index (χ1v) is 6.01. The van der Waals surface area contributed by atoms with E-state index >= 15 is 0 Å². The van der Waals surface area contributed by atoms with E-state index in [-0.39, 0.29) is 6.17 Å². The van der Waals surface area contributed by atoms with E-state index in [2.05, 4.69) is 35.2 Å². The summed E-state index contributed by atoms with van der Waals surface area (Å²) in [6.07, 6.45) is 5.01. The van der Waals surface area contributed by atoms with Crippen LogP contribution in [0.25, 0.3) is 0 Å². The van der Waals surface area contributed by atoms with Crippen LogP contribution in [0.2, 0.25) is 0 Å². The van der Waals surface area contributed by atoms with Gasteiger partial charge in [0.2, 0.25) is 0 Å². The van der Waals surface area contributed by atoms with Crippen molar-refractivity contribution in [3.63, 3.8) is 0 Å². The zero-order valence-electron chi connectivity index (χ0n) is 8.66.